The average Bonchev–Trinajstić information content (AvgIpc) is 2.81. The van der Waals surface area contributed by atoms with Crippen molar-refractivity contribution in [3.8, 4) is 5.75 Å². The Kier molecular flexibility index (Phi) is 11.0. The van der Waals surface area contributed by atoms with E-state index in [-0.39, 0.29) is 18.2 Å². The highest BCUT2D eigenvalue weighted by atomic mass is 16.6. The van der Waals surface area contributed by atoms with Crippen LogP contribution in [0.25, 0.3) is 0 Å². The van der Waals surface area contributed by atoms with Gasteiger partial charge in [0.2, 0.25) is 5.91 Å². The number of nitrogens with zero attached hydrogens (tertiary/aromatic N) is 1. The van der Waals surface area contributed by atoms with Gasteiger partial charge < -0.3 is 25.4 Å². The molecule has 3 amide bonds. The number of amides is 3. The first-order valence-electron chi connectivity index (χ1n) is 12.8. The molecule has 2 aromatic carbocycles. The smallest absolute Gasteiger partial charge is 0.408 e. The molecule has 0 bridgehead atoms. The van der Waals surface area contributed by atoms with Gasteiger partial charge in [-0.2, -0.15) is 0 Å². The minimum absolute atomic E-state index is 0.0603. The molecule has 0 aliphatic carbocycles. The van der Waals surface area contributed by atoms with Crippen molar-refractivity contribution in [3.05, 3.63) is 59.2 Å². The van der Waals surface area contributed by atoms with E-state index in [1.165, 1.54) is 17.0 Å². The SMILES string of the molecule is CCCCCCN(C(=O)CNC(=O)OC(C)(C)C)C(C(=O)Nc1c(C)cccc1C)c1ccc(O)cc1. The maximum Gasteiger partial charge on any atom is 0.408 e. The van der Waals surface area contributed by atoms with E-state index < -0.39 is 23.6 Å². The lowest BCUT2D eigenvalue weighted by Gasteiger charge is -2.32. The zero-order chi connectivity index (χ0) is 27.6. The van der Waals surface area contributed by atoms with Crippen molar-refractivity contribution >= 4 is 23.6 Å². The van der Waals surface area contributed by atoms with E-state index in [0.717, 1.165) is 30.4 Å². The van der Waals surface area contributed by atoms with Gasteiger partial charge in [0.05, 0.1) is 0 Å². The van der Waals surface area contributed by atoms with Gasteiger partial charge >= 0.3 is 6.09 Å². The summed E-state index contributed by atoms with van der Waals surface area (Å²) >= 11 is 0. The van der Waals surface area contributed by atoms with Gasteiger partial charge in [0.15, 0.2) is 0 Å². The average molecular weight is 512 g/mol. The number of carbonyl (C=O) groups excluding carboxylic acids is 3. The number of unbranched alkanes of at least 4 members (excludes halogenated alkanes) is 3. The quantitative estimate of drug-likeness (QED) is 0.339. The summed E-state index contributed by atoms with van der Waals surface area (Å²) in [5, 5.41) is 15.4. The van der Waals surface area contributed by atoms with E-state index in [0.29, 0.717) is 24.2 Å². The molecule has 1 unspecified atom stereocenters. The molecule has 37 heavy (non-hydrogen) atoms. The highest BCUT2D eigenvalue weighted by Gasteiger charge is 2.32. The molecule has 0 fully saturated rings. The first-order chi connectivity index (χ1) is 17.4. The topological polar surface area (TPSA) is 108 Å². The van der Waals surface area contributed by atoms with Crippen LogP contribution in [-0.2, 0) is 14.3 Å². The normalized spacial score (nSPS) is 11.9. The highest BCUT2D eigenvalue weighted by molar-refractivity contribution is 5.99. The fraction of sp³-hybridized carbons (Fsp3) is 0.483. The van der Waals surface area contributed by atoms with Crippen molar-refractivity contribution < 1.29 is 24.2 Å². The van der Waals surface area contributed by atoms with Crippen LogP contribution in [0, 0.1) is 13.8 Å². The molecule has 0 spiro atoms. The molecule has 0 aliphatic heterocycles. The second-order valence-electron chi connectivity index (χ2n) is 10.3. The molecule has 1 atom stereocenters. The van der Waals surface area contributed by atoms with Crippen molar-refractivity contribution in [3.63, 3.8) is 0 Å². The zero-order valence-electron chi connectivity index (χ0n) is 22.9. The molecular formula is C29H41N3O5. The van der Waals surface area contributed by atoms with E-state index in [9.17, 15) is 19.5 Å². The fourth-order valence-corrected chi connectivity index (χ4v) is 4.00. The molecule has 202 valence electrons. The number of ether oxygens (including phenoxy) is 1. The maximum atomic E-state index is 13.8. The van der Waals surface area contributed by atoms with Crippen molar-refractivity contribution in [2.75, 3.05) is 18.4 Å². The minimum atomic E-state index is -0.964. The molecular weight excluding hydrogens is 470 g/mol. The summed E-state index contributed by atoms with van der Waals surface area (Å²) in [5.41, 5.74) is 2.37. The summed E-state index contributed by atoms with van der Waals surface area (Å²) in [7, 11) is 0. The Labute approximate surface area is 220 Å². The van der Waals surface area contributed by atoms with Crippen LogP contribution in [0.4, 0.5) is 10.5 Å². The van der Waals surface area contributed by atoms with Crippen LogP contribution in [0.1, 0.15) is 76.1 Å². The van der Waals surface area contributed by atoms with Crippen LogP contribution in [-0.4, -0.2) is 46.6 Å². The number of hydrogen-bond donors (Lipinski definition) is 3. The van der Waals surface area contributed by atoms with Crippen LogP contribution in [0.15, 0.2) is 42.5 Å². The lowest BCUT2D eigenvalue weighted by Crippen LogP contribution is -2.47. The molecule has 2 aromatic rings. The van der Waals surface area contributed by atoms with Gasteiger partial charge in [-0.15, -0.1) is 0 Å². The summed E-state index contributed by atoms with van der Waals surface area (Å²) in [6.07, 6.45) is 2.95. The van der Waals surface area contributed by atoms with E-state index in [2.05, 4.69) is 17.6 Å². The lowest BCUT2D eigenvalue weighted by atomic mass is 10.0. The summed E-state index contributed by atoms with van der Waals surface area (Å²) in [6.45, 7) is 11.2. The van der Waals surface area contributed by atoms with Crippen LogP contribution < -0.4 is 10.6 Å². The lowest BCUT2D eigenvalue weighted by molar-refractivity contribution is -0.138. The van der Waals surface area contributed by atoms with Crippen molar-refractivity contribution in [1.82, 2.24) is 10.2 Å². The highest BCUT2D eigenvalue weighted by Crippen LogP contribution is 2.28. The summed E-state index contributed by atoms with van der Waals surface area (Å²) < 4.78 is 5.26. The zero-order valence-corrected chi connectivity index (χ0v) is 22.9. The number of anilines is 1. The minimum Gasteiger partial charge on any atom is -0.508 e. The molecule has 8 heteroatoms. The predicted octanol–water partition coefficient (Wildman–Crippen LogP) is 5.62. The van der Waals surface area contributed by atoms with E-state index in [1.54, 1.807) is 32.9 Å². The van der Waals surface area contributed by atoms with Gasteiger partial charge in [0.25, 0.3) is 5.91 Å². The van der Waals surface area contributed by atoms with Crippen LogP contribution >= 0.6 is 0 Å². The first-order valence-corrected chi connectivity index (χ1v) is 12.8. The molecule has 0 radical (unpaired) electrons. The third-order valence-corrected chi connectivity index (χ3v) is 5.85. The van der Waals surface area contributed by atoms with Crippen molar-refractivity contribution in [2.45, 2.75) is 78.9 Å². The van der Waals surface area contributed by atoms with E-state index >= 15 is 0 Å². The van der Waals surface area contributed by atoms with Gasteiger partial charge in [0.1, 0.15) is 23.9 Å². The molecule has 8 nitrogen and oxygen atoms in total. The van der Waals surface area contributed by atoms with Crippen molar-refractivity contribution in [1.29, 1.82) is 0 Å². The number of benzene rings is 2. The maximum absolute atomic E-state index is 13.8. The van der Waals surface area contributed by atoms with E-state index in [1.807, 2.05) is 32.0 Å². The number of aryl methyl sites for hydroxylation is 2. The Bertz CT molecular complexity index is 1040. The summed E-state index contributed by atoms with van der Waals surface area (Å²) in [6, 6.07) is 11.0. The van der Waals surface area contributed by atoms with Crippen molar-refractivity contribution in [2.24, 2.45) is 0 Å². The number of carbonyl (C=O) groups is 3. The van der Waals surface area contributed by atoms with Gasteiger partial charge in [-0.05, 0) is 69.9 Å². The molecule has 0 saturated carbocycles. The third-order valence-electron chi connectivity index (χ3n) is 5.85. The first kappa shape index (κ1) is 29.7. The molecule has 3 N–H and O–H groups in total. The number of alkyl carbamates (subject to hydrolysis) is 1. The summed E-state index contributed by atoms with van der Waals surface area (Å²) in [5.74, 6) is -0.716. The fourth-order valence-electron chi connectivity index (χ4n) is 4.00. The van der Waals surface area contributed by atoms with Crippen LogP contribution in [0.2, 0.25) is 0 Å². The standard InChI is InChI=1S/C29H41N3O5/c1-7-8-9-10-18-32(24(34)19-30-28(36)37-29(4,5)6)26(22-14-16-23(33)17-15-22)27(35)31-25-20(2)12-11-13-21(25)3/h11-17,26,33H,7-10,18-19H2,1-6H3,(H,30,36)(H,31,35). The van der Waals surface area contributed by atoms with Crippen LogP contribution in [0.3, 0.4) is 0 Å². The number of phenolic OH excluding ortho intramolecular Hbond substituents is 1. The van der Waals surface area contributed by atoms with Gasteiger partial charge in [0, 0.05) is 12.2 Å². The summed E-state index contributed by atoms with van der Waals surface area (Å²) in [4.78, 5) is 41.0. The molecule has 0 aromatic heterocycles. The Balaban J connectivity index is 2.39. The number of nitrogens with one attached hydrogen (secondary N) is 2. The van der Waals surface area contributed by atoms with Gasteiger partial charge in [-0.1, -0.05) is 56.5 Å². The molecule has 0 saturated heterocycles. The molecule has 0 aliphatic rings. The predicted molar refractivity (Wildman–Crippen MR) is 145 cm³/mol. The molecule has 0 heterocycles. The van der Waals surface area contributed by atoms with Gasteiger partial charge in [-0.3, -0.25) is 9.59 Å². The number of aromatic hydroxyl groups is 1. The Morgan fingerprint density at radius 3 is 2.16 bits per heavy atom. The number of rotatable bonds is 11. The van der Waals surface area contributed by atoms with E-state index in [4.69, 9.17) is 4.74 Å². The largest absolute Gasteiger partial charge is 0.508 e. The monoisotopic (exact) mass is 511 g/mol. The number of para-hydroxylation sites is 1. The van der Waals surface area contributed by atoms with Crippen LogP contribution in [0.5, 0.6) is 5.75 Å². The Hall–Kier alpha value is -3.55. The third kappa shape index (κ3) is 9.44. The second kappa shape index (κ2) is 13.7. The second-order valence-corrected chi connectivity index (χ2v) is 10.3. The Morgan fingerprint density at radius 1 is 0.973 bits per heavy atom. The number of hydrogen-bond acceptors (Lipinski definition) is 5. The Morgan fingerprint density at radius 2 is 1.59 bits per heavy atom. The van der Waals surface area contributed by atoms with Gasteiger partial charge in [-0.25, -0.2) is 4.79 Å². The molecule has 2 rings (SSSR count). The number of phenols is 1.